The van der Waals surface area contributed by atoms with E-state index in [9.17, 15) is 4.79 Å². The Kier molecular flexibility index (Phi) is 5.72. The van der Waals surface area contributed by atoms with Gasteiger partial charge in [-0.2, -0.15) is 5.10 Å². The molecule has 1 amide bonds. The van der Waals surface area contributed by atoms with E-state index in [1.54, 1.807) is 10.9 Å². The summed E-state index contributed by atoms with van der Waals surface area (Å²) in [6.45, 7) is 4.23. The second-order valence-corrected chi connectivity index (χ2v) is 9.11. The van der Waals surface area contributed by atoms with Crippen LogP contribution in [0.3, 0.4) is 0 Å². The van der Waals surface area contributed by atoms with E-state index in [-0.39, 0.29) is 12.5 Å². The Balaban J connectivity index is 1.23. The minimum absolute atomic E-state index is 0.00624. The number of carbonyl (C=O) groups excluding carboxylic acids is 1. The Morgan fingerprint density at radius 1 is 1.05 bits per heavy atom. The van der Waals surface area contributed by atoms with Crippen molar-refractivity contribution in [2.45, 2.75) is 26.9 Å². The Bertz CT molecular complexity index is 1800. The van der Waals surface area contributed by atoms with Gasteiger partial charge in [0.1, 0.15) is 30.1 Å². The minimum atomic E-state index is -0.219. The first-order valence-electron chi connectivity index (χ1n) is 12.0. The molecule has 0 unspecified atom stereocenters. The zero-order chi connectivity index (χ0) is 26.2. The third kappa shape index (κ3) is 4.41. The van der Waals surface area contributed by atoms with Crippen molar-refractivity contribution in [3.63, 3.8) is 0 Å². The molecule has 3 N–H and O–H groups in total. The van der Waals surface area contributed by atoms with Crippen LogP contribution >= 0.6 is 0 Å². The average molecular weight is 505 g/mol. The van der Waals surface area contributed by atoms with Crippen molar-refractivity contribution in [1.29, 1.82) is 0 Å². The van der Waals surface area contributed by atoms with Crippen LogP contribution in [-0.2, 0) is 17.9 Å². The SMILES string of the molecule is Cc1ccc(-c2nn(Cc3cn(CC(=O)Nc4cc(C)nc5ccccc45)nn3)c3ncnc(N)c23)cc1. The Hall–Kier alpha value is -5.19. The maximum atomic E-state index is 12.8. The Morgan fingerprint density at radius 2 is 1.87 bits per heavy atom. The molecule has 0 saturated heterocycles. The molecule has 11 heteroatoms. The molecule has 4 heterocycles. The molecule has 4 aromatic heterocycles. The molecule has 0 saturated carbocycles. The van der Waals surface area contributed by atoms with Crippen LogP contribution in [-0.4, -0.2) is 45.6 Å². The first kappa shape index (κ1) is 23.2. The lowest BCUT2D eigenvalue weighted by molar-refractivity contribution is -0.116. The molecule has 188 valence electrons. The minimum Gasteiger partial charge on any atom is -0.383 e. The maximum absolute atomic E-state index is 12.8. The lowest BCUT2D eigenvalue weighted by Gasteiger charge is -2.09. The second-order valence-electron chi connectivity index (χ2n) is 9.11. The summed E-state index contributed by atoms with van der Waals surface area (Å²) in [5.74, 6) is 0.139. The van der Waals surface area contributed by atoms with E-state index in [2.05, 4.69) is 30.6 Å². The predicted octanol–water partition coefficient (Wildman–Crippen LogP) is 3.52. The summed E-state index contributed by atoms with van der Waals surface area (Å²) in [5, 5.41) is 17.7. The number of fused-ring (bicyclic) bond motifs is 2. The summed E-state index contributed by atoms with van der Waals surface area (Å²) in [6.07, 6.45) is 3.14. The molecule has 6 aromatic rings. The average Bonchev–Trinajstić information content (AvgIpc) is 3.49. The van der Waals surface area contributed by atoms with Crippen LogP contribution < -0.4 is 11.1 Å². The highest BCUT2D eigenvalue weighted by Gasteiger charge is 2.18. The normalized spacial score (nSPS) is 11.3. The number of pyridine rings is 1. The van der Waals surface area contributed by atoms with Gasteiger partial charge in [0.15, 0.2) is 5.65 Å². The number of rotatable bonds is 6. The van der Waals surface area contributed by atoms with Gasteiger partial charge in [-0.25, -0.2) is 19.3 Å². The van der Waals surface area contributed by atoms with Gasteiger partial charge in [0.05, 0.1) is 29.3 Å². The quantitative estimate of drug-likeness (QED) is 0.351. The van der Waals surface area contributed by atoms with Gasteiger partial charge in [0, 0.05) is 16.6 Å². The number of carbonyl (C=O) groups is 1. The van der Waals surface area contributed by atoms with Crippen LogP contribution in [0, 0.1) is 13.8 Å². The van der Waals surface area contributed by atoms with Crippen LogP contribution in [0.4, 0.5) is 11.5 Å². The van der Waals surface area contributed by atoms with Crippen LogP contribution in [0.1, 0.15) is 17.0 Å². The molecule has 0 aliphatic heterocycles. The molecule has 38 heavy (non-hydrogen) atoms. The fourth-order valence-electron chi connectivity index (χ4n) is 4.44. The summed E-state index contributed by atoms with van der Waals surface area (Å²) < 4.78 is 3.22. The molecule has 0 aliphatic rings. The number of hydrogen-bond donors (Lipinski definition) is 2. The van der Waals surface area contributed by atoms with E-state index >= 15 is 0 Å². The smallest absolute Gasteiger partial charge is 0.246 e. The van der Waals surface area contributed by atoms with E-state index in [1.807, 2.05) is 68.4 Å². The van der Waals surface area contributed by atoms with E-state index < -0.39 is 0 Å². The van der Waals surface area contributed by atoms with Crippen molar-refractivity contribution < 1.29 is 4.79 Å². The van der Waals surface area contributed by atoms with Gasteiger partial charge >= 0.3 is 0 Å². The summed E-state index contributed by atoms with van der Waals surface area (Å²) in [6, 6.07) is 17.6. The molecule has 0 radical (unpaired) electrons. The molecule has 0 fully saturated rings. The van der Waals surface area contributed by atoms with Crippen molar-refractivity contribution in [2.24, 2.45) is 0 Å². The third-order valence-corrected chi connectivity index (χ3v) is 6.21. The van der Waals surface area contributed by atoms with Crippen molar-refractivity contribution in [3.05, 3.63) is 84.1 Å². The fraction of sp³-hybridized carbons (Fsp3) is 0.148. The molecule has 0 spiro atoms. The number of amides is 1. The van der Waals surface area contributed by atoms with Gasteiger partial charge in [-0.05, 0) is 26.0 Å². The maximum Gasteiger partial charge on any atom is 0.246 e. The molecule has 11 nitrogen and oxygen atoms in total. The third-order valence-electron chi connectivity index (χ3n) is 6.21. The van der Waals surface area contributed by atoms with Crippen molar-refractivity contribution >= 4 is 39.3 Å². The number of aryl methyl sites for hydroxylation is 2. The summed E-state index contributed by atoms with van der Waals surface area (Å²) >= 11 is 0. The molecular formula is C27H24N10O. The second kappa shape index (κ2) is 9.36. The standard InChI is InChI=1S/C27H24N10O/c1-16-7-9-18(10-8-16)25-24-26(28)29-15-30-27(24)37(34-25)13-19-12-36(35-33-19)14-23(38)32-22-11-17(2)31-21-6-4-3-5-20(21)22/h3-12,15H,13-14H2,1-2H3,(H2,28,29,30)(H,31,32,38). The monoisotopic (exact) mass is 504 g/mol. The number of para-hydroxylation sites is 1. The number of nitrogens with zero attached hydrogens (tertiary/aromatic N) is 8. The zero-order valence-corrected chi connectivity index (χ0v) is 20.8. The molecule has 0 aliphatic carbocycles. The largest absolute Gasteiger partial charge is 0.383 e. The Morgan fingerprint density at radius 3 is 2.71 bits per heavy atom. The first-order chi connectivity index (χ1) is 18.4. The highest BCUT2D eigenvalue weighted by Crippen LogP contribution is 2.30. The van der Waals surface area contributed by atoms with Gasteiger partial charge in [0.25, 0.3) is 0 Å². The topological polar surface area (TPSA) is 142 Å². The van der Waals surface area contributed by atoms with E-state index in [1.165, 1.54) is 11.0 Å². The Labute approximate surface area is 217 Å². The van der Waals surface area contributed by atoms with E-state index in [0.29, 0.717) is 40.5 Å². The number of nitrogens with one attached hydrogen (secondary N) is 1. The number of nitrogen functional groups attached to an aromatic ring is 1. The highest BCUT2D eigenvalue weighted by atomic mass is 16.2. The summed E-state index contributed by atoms with van der Waals surface area (Å²) in [7, 11) is 0. The molecule has 0 bridgehead atoms. The van der Waals surface area contributed by atoms with Gasteiger partial charge in [0.2, 0.25) is 5.91 Å². The van der Waals surface area contributed by atoms with E-state index in [4.69, 9.17) is 10.8 Å². The van der Waals surface area contributed by atoms with Crippen LogP contribution in [0.25, 0.3) is 33.2 Å². The number of aromatic nitrogens is 8. The number of nitrogens with two attached hydrogens (primary N) is 1. The van der Waals surface area contributed by atoms with Crippen molar-refractivity contribution in [1.82, 2.24) is 39.7 Å². The predicted molar refractivity (Wildman–Crippen MR) is 144 cm³/mol. The lowest BCUT2D eigenvalue weighted by atomic mass is 10.1. The number of anilines is 2. The fourth-order valence-corrected chi connectivity index (χ4v) is 4.44. The van der Waals surface area contributed by atoms with Crippen LogP contribution in [0.15, 0.2) is 67.1 Å². The van der Waals surface area contributed by atoms with Crippen molar-refractivity contribution in [2.75, 3.05) is 11.1 Å². The van der Waals surface area contributed by atoms with Gasteiger partial charge in [-0.15, -0.1) is 5.10 Å². The molecular weight excluding hydrogens is 480 g/mol. The molecule has 6 rings (SSSR count). The van der Waals surface area contributed by atoms with Gasteiger partial charge < -0.3 is 11.1 Å². The number of hydrogen-bond acceptors (Lipinski definition) is 8. The van der Waals surface area contributed by atoms with Crippen LogP contribution in [0.5, 0.6) is 0 Å². The van der Waals surface area contributed by atoms with Crippen molar-refractivity contribution in [3.8, 4) is 11.3 Å². The van der Waals surface area contributed by atoms with E-state index in [0.717, 1.165) is 27.7 Å². The molecule has 2 aromatic carbocycles. The van der Waals surface area contributed by atoms with Gasteiger partial charge in [-0.3, -0.25) is 9.78 Å². The highest BCUT2D eigenvalue weighted by molar-refractivity contribution is 6.01. The zero-order valence-electron chi connectivity index (χ0n) is 20.8. The summed E-state index contributed by atoms with van der Waals surface area (Å²) in [5.41, 5.74) is 12.6. The first-order valence-corrected chi connectivity index (χ1v) is 12.0. The number of benzene rings is 2. The van der Waals surface area contributed by atoms with Crippen LogP contribution in [0.2, 0.25) is 0 Å². The lowest BCUT2D eigenvalue weighted by Crippen LogP contribution is -2.19. The molecule has 0 atom stereocenters. The van der Waals surface area contributed by atoms with Gasteiger partial charge in [-0.1, -0.05) is 53.2 Å². The summed E-state index contributed by atoms with van der Waals surface area (Å²) in [4.78, 5) is 25.9.